The number of nitrogens with two attached hydrogens (primary N) is 1. The van der Waals surface area contributed by atoms with Crippen LogP contribution in [-0.2, 0) is 11.3 Å². The number of halogens is 1. The minimum atomic E-state index is -0.154. The lowest BCUT2D eigenvalue weighted by Gasteiger charge is -2.08. The molecule has 2 N–H and O–H groups in total. The van der Waals surface area contributed by atoms with E-state index in [4.69, 9.17) is 10.5 Å². The van der Waals surface area contributed by atoms with Crippen molar-refractivity contribution < 1.29 is 9.53 Å². The Hall–Kier alpha value is -1.66. The van der Waals surface area contributed by atoms with E-state index in [0.717, 1.165) is 0 Å². The molecule has 0 amide bonds. The molecule has 0 unspecified atom stereocenters. The van der Waals surface area contributed by atoms with Crippen LogP contribution in [0.15, 0.2) is 34.9 Å². The van der Waals surface area contributed by atoms with Gasteiger partial charge in [-0.2, -0.15) is 5.10 Å². The maximum Gasteiger partial charge on any atom is 0.214 e. The van der Waals surface area contributed by atoms with Crippen molar-refractivity contribution >= 4 is 27.4 Å². The second-order valence-electron chi connectivity index (χ2n) is 3.97. The molecule has 1 heterocycles. The zero-order valence-corrected chi connectivity index (χ0v) is 12.1. The predicted octanol–water partition coefficient (Wildman–Crippen LogP) is 2.11. The van der Waals surface area contributed by atoms with E-state index in [0.29, 0.717) is 34.6 Å². The predicted molar refractivity (Wildman–Crippen MR) is 76.1 cm³/mol. The van der Waals surface area contributed by atoms with Crippen molar-refractivity contribution in [1.29, 1.82) is 0 Å². The van der Waals surface area contributed by atoms with E-state index in [1.54, 1.807) is 42.3 Å². The summed E-state index contributed by atoms with van der Waals surface area (Å²) >= 11 is 3.35. The van der Waals surface area contributed by atoms with E-state index >= 15 is 0 Å². The number of hydrogen-bond acceptors (Lipinski definition) is 4. The smallest absolute Gasteiger partial charge is 0.214 e. The highest BCUT2D eigenvalue weighted by atomic mass is 79.9. The second kappa shape index (κ2) is 5.99. The lowest BCUT2D eigenvalue weighted by molar-refractivity contribution is 0.102. The molecular formula is C13H14BrN3O2. The summed E-state index contributed by atoms with van der Waals surface area (Å²) in [6, 6.07) is 6.99. The molecule has 0 saturated carbocycles. The molecule has 5 nitrogen and oxygen atoms in total. The summed E-state index contributed by atoms with van der Waals surface area (Å²) in [6.07, 6.45) is 1.60. The molecule has 1 aromatic heterocycles. The van der Waals surface area contributed by atoms with Gasteiger partial charge in [0.1, 0.15) is 5.69 Å². The average molecular weight is 324 g/mol. The van der Waals surface area contributed by atoms with Crippen LogP contribution in [0, 0.1) is 0 Å². The van der Waals surface area contributed by atoms with Crippen LogP contribution < -0.4 is 5.73 Å². The Bertz CT molecular complexity index is 595. The topological polar surface area (TPSA) is 70.1 Å². The number of benzene rings is 1. The van der Waals surface area contributed by atoms with Crippen LogP contribution in [0.2, 0.25) is 0 Å². The van der Waals surface area contributed by atoms with Gasteiger partial charge in [0.2, 0.25) is 5.78 Å². The summed E-state index contributed by atoms with van der Waals surface area (Å²) in [5.41, 5.74) is 7.25. The third-order valence-electron chi connectivity index (χ3n) is 2.72. The number of ketones is 1. The van der Waals surface area contributed by atoms with Crippen LogP contribution in [0.3, 0.4) is 0 Å². The molecule has 0 radical (unpaired) electrons. The van der Waals surface area contributed by atoms with Crippen molar-refractivity contribution in [2.24, 2.45) is 0 Å². The molecule has 0 bridgehead atoms. The fraction of sp³-hybridized carbons (Fsp3) is 0.231. The van der Waals surface area contributed by atoms with E-state index in [2.05, 4.69) is 21.0 Å². The first-order valence-corrected chi connectivity index (χ1v) is 6.54. The molecule has 0 aliphatic rings. The Morgan fingerprint density at radius 3 is 2.89 bits per heavy atom. The molecule has 2 aromatic rings. The number of nitrogens with zero attached hydrogens (tertiary/aromatic N) is 2. The summed E-state index contributed by atoms with van der Waals surface area (Å²) in [4.78, 5) is 12.5. The number of hydrogen-bond donors (Lipinski definition) is 1. The number of para-hydroxylation sites is 1. The molecule has 1 aromatic carbocycles. The fourth-order valence-electron chi connectivity index (χ4n) is 1.77. The van der Waals surface area contributed by atoms with E-state index < -0.39 is 0 Å². The van der Waals surface area contributed by atoms with Gasteiger partial charge in [-0.25, -0.2) is 0 Å². The Morgan fingerprint density at radius 2 is 2.21 bits per heavy atom. The van der Waals surface area contributed by atoms with Gasteiger partial charge in [0.25, 0.3) is 0 Å². The van der Waals surface area contributed by atoms with Gasteiger partial charge in [0, 0.05) is 18.4 Å². The number of aromatic nitrogens is 2. The zero-order chi connectivity index (χ0) is 13.8. The van der Waals surface area contributed by atoms with Crippen LogP contribution >= 0.6 is 15.9 Å². The fourth-order valence-corrected chi connectivity index (χ4v) is 2.24. The van der Waals surface area contributed by atoms with Gasteiger partial charge in [-0.1, -0.05) is 12.1 Å². The van der Waals surface area contributed by atoms with Crippen LogP contribution in [0.5, 0.6) is 0 Å². The van der Waals surface area contributed by atoms with Gasteiger partial charge in [-0.15, -0.1) is 0 Å². The highest BCUT2D eigenvalue weighted by molar-refractivity contribution is 9.10. The number of ether oxygens (including phenoxy) is 1. The van der Waals surface area contributed by atoms with Gasteiger partial charge < -0.3 is 10.5 Å². The molecule has 0 aliphatic heterocycles. The lowest BCUT2D eigenvalue weighted by Crippen LogP contribution is -2.15. The average Bonchev–Trinajstić information content (AvgIpc) is 2.77. The number of methoxy groups -OCH3 is 1. The number of nitrogen functional groups attached to an aromatic ring is 1. The van der Waals surface area contributed by atoms with Crippen molar-refractivity contribution in [3.8, 4) is 0 Å². The summed E-state index contributed by atoms with van der Waals surface area (Å²) in [5, 5.41) is 4.16. The highest BCUT2D eigenvalue weighted by Gasteiger charge is 2.20. The van der Waals surface area contributed by atoms with Gasteiger partial charge in [0.15, 0.2) is 0 Å². The number of rotatable bonds is 5. The van der Waals surface area contributed by atoms with Gasteiger partial charge in [0.05, 0.1) is 23.8 Å². The molecule has 6 heteroatoms. The number of carbonyl (C=O) groups excluding carboxylic acids is 1. The monoisotopic (exact) mass is 323 g/mol. The number of carbonyl (C=O) groups is 1. The lowest BCUT2D eigenvalue weighted by atomic mass is 10.1. The molecule has 0 atom stereocenters. The Balaban J connectivity index is 2.39. The van der Waals surface area contributed by atoms with Crippen molar-refractivity contribution in [2.45, 2.75) is 6.54 Å². The first kappa shape index (κ1) is 13.8. The van der Waals surface area contributed by atoms with Gasteiger partial charge in [-0.05, 0) is 28.1 Å². The SMILES string of the molecule is COCCn1ncc(Br)c1C(=O)c1ccccc1N. The molecular weight excluding hydrogens is 310 g/mol. The van der Waals surface area contributed by atoms with Crippen molar-refractivity contribution in [2.75, 3.05) is 19.5 Å². The van der Waals surface area contributed by atoms with Crippen LogP contribution in [0.25, 0.3) is 0 Å². The second-order valence-corrected chi connectivity index (χ2v) is 4.83. The normalized spacial score (nSPS) is 10.6. The van der Waals surface area contributed by atoms with Crippen molar-refractivity contribution in [1.82, 2.24) is 9.78 Å². The van der Waals surface area contributed by atoms with Crippen LogP contribution in [0.1, 0.15) is 16.1 Å². The Labute approximate surface area is 119 Å². The Morgan fingerprint density at radius 1 is 1.47 bits per heavy atom. The van der Waals surface area contributed by atoms with Crippen LogP contribution in [-0.4, -0.2) is 29.3 Å². The minimum Gasteiger partial charge on any atom is -0.398 e. The molecule has 19 heavy (non-hydrogen) atoms. The molecule has 0 saturated heterocycles. The summed E-state index contributed by atoms with van der Waals surface area (Å²) in [5.74, 6) is -0.154. The molecule has 2 rings (SSSR count). The first-order valence-electron chi connectivity index (χ1n) is 5.74. The van der Waals surface area contributed by atoms with E-state index in [1.165, 1.54) is 0 Å². The highest BCUT2D eigenvalue weighted by Crippen LogP contribution is 2.22. The standard InChI is InChI=1S/C13H14BrN3O2/c1-19-7-6-17-12(10(14)8-16-17)13(18)9-4-2-3-5-11(9)15/h2-5,8H,6-7,15H2,1H3. The summed E-state index contributed by atoms with van der Waals surface area (Å²) < 4.78 is 7.27. The largest absolute Gasteiger partial charge is 0.398 e. The van der Waals surface area contributed by atoms with E-state index in [-0.39, 0.29) is 5.78 Å². The van der Waals surface area contributed by atoms with Crippen molar-refractivity contribution in [3.63, 3.8) is 0 Å². The number of anilines is 1. The zero-order valence-electron chi connectivity index (χ0n) is 10.5. The third-order valence-corrected chi connectivity index (χ3v) is 3.30. The van der Waals surface area contributed by atoms with E-state index in [9.17, 15) is 4.79 Å². The third kappa shape index (κ3) is 2.85. The van der Waals surface area contributed by atoms with Crippen LogP contribution in [0.4, 0.5) is 5.69 Å². The maximum atomic E-state index is 12.5. The summed E-state index contributed by atoms with van der Waals surface area (Å²) in [6.45, 7) is 0.995. The molecule has 0 fully saturated rings. The molecule has 0 aliphatic carbocycles. The van der Waals surface area contributed by atoms with Gasteiger partial charge >= 0.3 is 0 Å². The Kier molecular flexibility index (Phi) is 4.34. The quantitative estimate of drug-likeness (QED) is 0.675. The maximum absolute atomic E-state index is 12.5. The van der Waals surface area contributed by atoms with Gasteiger partial charge in [-0.3, -0.25) is 9.48 Å². The first-order chi connectivity index (χ1) is 9.15. The van der Waals surface area contributed by atoms with Crippen molar-refractivity contribution in [3.05, 3.63) is 46.2 Å². The molecule has 100 valence electrons. The summed E-state index contributed by atoms with van der Waals surface area (Å²) in [7, 11) is 1.61. The van der Waals surface area contributed by atoms with E-state index in [1.807, 2.05) is 0 Å². The molecule has 0 spiro atoms. The minimum absolute atomic E-state index is 0.154.